The first-order valence-corrected chi connectivity index (χ1v) is 6.63. The van der Waals surface area contributed by atoms with Crippen molar-refractivity contribution in [1.29, 1.82) is 0 Å². The Labute approximate surface area is 107 Å². The van der Waals surface area contributed by atoms with Gasteiger partial charge in [-0.1, -0.05) is 0 Å². The number of carbonyl (C=O) groups excluding carboxylic acids is 1. The van der Waals surface area contributed by atoms with Crippen molar-refractivity contribution in [2.75, 3.05) is 19.6 Å². The zero-order valence-electron chi connectivity index (χ0n) is 10.9. The molecule has 0 unspecified atom stereocenters. The van der Waals surface area contributed by atoms with Gasteiger partial charge < -0.3 is 10.2 Å². The molecule has 98 valence electrons. The van der Waals surface area contributed by atoms with Gasteiger partial charge in [0, 0.05) is 38.3 Å². The maximum atomic E-state index is 12.1. The van der Waals surface area contributed by atoms with E-state index in [0.717, 1.165) is 44.5 Å². The lowest BCUT2D eigenvalue weighted by atomic mass is 9.78. The van der Waals surface area contributed by atoms with E-state index < -0.39 is 0 Å². The number of rotatable bonds is 2. The second kappa shape index (κ2) is 4.39. The quantitative estimate of drug-likeness (QED) is 0.830. The van der Waals surface area contributed by atoms with E-state index in [-0.39, 0.29) is 5.41 Å². The topological polar surface area (TPSA) is 50.2 Å². The number of hydrogen-bond donors (Lipinski definition) is 1. The molecule has 18 heavy (non-hydrogen) atoms. The molecule has 2 aliphatic heterocycles. The van der Waals surface area contributed by atoms with Crippen LogP contribution < -0.4 is 5.32 Å². The molecule has 1 spiro atoms. The van der Waals surface area contributed by atoms with E-state index in [2.05, 4.69) is 10.4 Å². The molecule has 2 saturated heterocycles. The van der Waals surface area contributed by atoms with Crippen molar-refractivity contribution in [2.24, 2.45) is 12.5 Å². The molecule has 2 fully saturated rings. The molecule has 0 saturated carbocycles. The van der Waals surface area contributed by atoms with E-state index in [1.807, 2.05) is 24.3 Å². The number of amides is 1. The molecular weight excluding hydrogens is 228 g/mol. The number of nitrogens with one attached hydrogen (secondary N) is 1. The molecule has 1 amide bonds. The van der Waals surface area contributed by atoms with Gasteiger partial charge in [0.2, 0.25) is 5.91 Å². The Hall–Kier alpha value is -1.36. The predicted molar refractivity (Wildman–Crippen MR) is 67.8 cm³/mol. The van der Waals surface area contributed by atoms with E-state index in [1.54, 1.807) is 4.68 Å². The van der Waals surface area contributed by atoms with Gasteiger partial charge in [-0.05, 0) is 31.3 Å². The lowest BCUT2D eigenvalue weighted by Gasteiger charge is -2.33. The van der Waals surface area contributed by atoms with E-state index >= 15 is 0 Å². The average molecular weight is 248 g/mol. The van der Waals surface area contributed by atoms with Crippen LogP contribution in [-0.2, 0) is 18.4 Å². The van der Waals surface area contributed by atoms with Crippen molar-refractivity contribution < 1.29 is 4.79 Å². The highest BCUT2D eigenvalue weighted by Crippen LogP contribution is 2.39. The Morgan fingerprint density at radius 1 is 1.44 bits per heavy atom. The molecule has 3 heterocycles. The smallest absolute Gasteiger partial charge is 0.223 e. The maximum Gasteiger partial charge on any atom is 0.223 e. The van der Waals surface area contributed by atoms with Gasteiger partial charge in [0.05, 0.1) is 6.20 Å². The fourth-order valence-corrected chi connectivity index (χ4v) is 3.19. The van der Waals surface area contributed by atoms with Gasteiger partial charge in [0.1, 0.15) is 0 Å². The zero-order valence-corrected chi connectivity index (χ0v) is 10.9. The van der Waals surface area contributed by atoms with E-state index in [9.17, 15) is 4.79 Å². The Bertz CT molecular complexity index is 448. The van der Waals surface area contributed by atoms with Gasteiger partial charge in [-0.15, -0.1) is 0 Å². The number of aryl methyl sites for hydroxylation is 1. The van der Waals surface area contributed by atoms with E-state index in [1.165, 1.54) is 0 Å². The summed E-state index contributed by atoms with van der Waals surface area (Å²) >= 11 is 0. The normalized spacial score (nSPS) is 22.9. The first-order valence-electron chi connectivity index (χ1n) is 6.63. The maximum absolute atomic E-state index is 12.1. The molecule has 1 aromatic heterocycles. The summed E-state index contributed by atoms with van der Waals surface area (Å²) < 4.78 is 1.79. The molecule has 0 atom stereocenters. The summed E-state index contributed by atoms with van der Waals surface area (Å²) in [6, 6.07) is 0. The summed E-state index contributed by atoms with van der Waals surface area (Å²) in [4.78, 5) is 14.1. The molecule has 0 aliphatic carbocycles. The van der Waals surface area contributed by atoms with E-state index in [0.29, 0.717) is 12.5 Å². The Morgan fingerprint density at radius 3 is 2.89 bits per heavy atom. The Kier molecular flexibility index (Phi) is 2.86. The van der Waals surface area contributed by atoms with Crippen LogP contribution in [0.5, 0.6) is 0 Å². The minimum Gasteiger partial charge on any atom is -0.338 e. The van der Waals surface area contributed by atoms with Crippen LogP contribution in [0.15, 0.2) is 12.4 Å². The molecular formula is C13H20N4O. The van der Waals surface area contributed by atoms with Crippen LogP contribution in [-0.4, -0.2) is 40.2 Å². The molecule has 2 aliphatic rings. The summed E-state index contributed by atoms with van der Waals surface area (Å²) in [5.41, 5.74) is 1.36. The third kappa shape index (κ3) is 2.14. The van der Waals surface area contributed by atoms with Crippen molar-refractivity contribution in [3.63, 3.8) is 0 Å². The summed E-state index contributed by atoms with van der Waals surface area (Å²) in [5.74, 6) is 0.306. The third-order valence-electron chi connectivity index (χ3n) is 4.20. The predicted octanol–water partition coefficient (Wildman–Crippen LogP) is 0.522. The van der Waals surface area contributed by atoms with Gasteiger partial charge in [-0.3, -0.25) is 9.48 Å². The molecule has 3 rings (SSSR count). The van der Waals surface area contributed by atoms with Crippen molar-refractivity contribution in [1.82, 2.24) is 20.0 Å². The number of hydrogen-bond acceptors (Lipinski definition) is 3. The fourth-order valence-electron chi connectivity index (χ4n) is 3.19. The number of nitrogens with zero attached hydrogens (tertiary/aromatic N) is 3. The second-order valence-corrected chi connectivity index (χ2v) is 5.70. The molecule has 1 aromatic rings. The van der Waals surface area contributed by atoms with Crippen molar-refractivity contribution >= 4 is 5.91 Å². The van der Waals surface area contributed by atoms with Gasteiger partial charge in [0.15, 0.2) is 0 Å². The lowest BCUT2D eigenvalue weighted by Crippen LogP contribution is -2.38. The van der Waals surface area contributed by atoms with Crippen LogP contribution in [0.3, 0.4) is 0 Å². The van der Waals surface area contributed by atoms with Crippen LogP contribution in [0.25, 0.3) is 0 Å². The highest BCUT2D eigenvalue weighted by Gasteiger charge is 2.43. The molecule has 5 nitrogen and oxygen atoms in total. The van der Waals surface area contributed by atoms with Crippen LogP contribution in [0.1, 0.15) is 24.8 Å². The zero-order chi connectivity index (χ0) is 12.6. The molecule has 1 N–H and O–H groups in total. The monoisotopic (exact) mass is 248 g/mol. The Morgan fingerprint density at radius 2 is 2.22 bits per heavy atom. The molecule has 5 heteroatoms. The number of piperidine rings is 1. The number of likely N-dealkylation sites (tertiary alicyclic amines) is 1. The first-order chi connectivity index (χ1) is 8.67. The molecule has 0 aromatic carbocycles. The van der Waals surface area contributed by atoms with Gasteiger partial charge in [0.25, 0.3) is 0 Å². The highest BCUT2D eigenvalue weighted by molar-refractivity contribution is 5.79. The summed E-state index contributed by atoms with van der Waals surface area (Å²) in [6.45, 7) is 3.73. The first kappa shape index (κ1) is 11.7. The largest absolute Gasteiger partial charge is 0.338 e. The standard InChI is InChI=1S/C13H20N4O/c1-16-8-11(7-15-16)9-17-10-13(6-12(17)18)2-4-14-5-3-13/h7-8,14H,2-6,9-10H2,1H3. The van der Waals surface area contributed by atoms with Gasteiger partial charge in [-0.2, -0.15) is 5.10 Å². The minimum absolute atomic E-state index is 0.241. The van der Waals surface area contributed by atoms with Crippen molar-refractivity contribution in [2.45, 2.75) is 25.8 Å². The van der Waals surface area contributed by atoms with Crippen molar-refractivity contribution in [3.8, 4) is 0 Å². The average Bonchev–Trinajstić information content (AvgIpc) is 2.86. The third-order valence-corrected chi connectivity index (χ3v) is 4.20. The highest BCUT2D eigenvalue weighted by atomic mass is 16.2. The van der Waals surface area contributed by atoms with Crippen LogP contribution in [0.2, 0.25) is 0 Å². The SMILES string of the molecule is Cn1cc(CN2CC3(CCNCC3)CC2=O)cn1. The van der Waals surface area contributed by atoms with Crippen LogP contribution in [0.4, 0.5) is 0 Å². The number of carbonyl (C=O) groups is 1. The second-order valence-electron chi connectivity index (χ2n) is 5.70. The lowest BCUT2D eigenvalue weighted by molar-refractivity contribution is -0.128. The van der Waals surface area contributed by atoms with Gasteiger partial charge in [-0.25, -0.2) is 0 Å². The van der Waals surface area contributed by atoms with Crippen LogP contribution >= 0.6 is 0 Å². The summed E-state index contributed by atoms with van der Waals surface area (Å²) in [7, 11) is 1.91. The van der Waals surface area contributed by atoms with Gasteiger partial charge >= 0.3 is 0 Å². The molecule has 0 radical (unpaired) electrons. The summed E-state index contributed by atoms with van der Waals surface area (Å²) in [6.07, 6.45) is 6.82. The minimum atomic E-state index is 0.241. The fraction of sp³-hybridized carbons (Fsp3) is 0.692. The summed E-state index contributed by atoms with van der Waals surface area (Å²) in [5, 5.41) is 7.53. The molecule has 0 bridgehead atoms. The van der Waals surface area contributed by atoms with Crippen molar-refractivity contribution in [3.05, 3.63) is 18.0 Å². The van der Waals surface area contributed by atoms with E-state index in [4.69, 9.17) is 0 Å². The Balaban J connectivity index is 1.68. The van der Waals surface area contributed by atoms with Crippen LogP contribution in [0, 0.1) is 5.41 Å². The number of aromatic nitrogens is 2.